The van der Waals surface area contributed by atoms with Crippen molar-refractivity contribution < 1.29 is 9.53 Å². The van der Waals surface area contributed by atoms with Gasteiger partial charge in [-0.2, -0.15) is 0 Å². The molecule has 1 aromatic heterocycles. The van der Waals surface area contributed by atoms with Crippen LogP contribution in [-0.2, 0) is 9.53 Å². The minimum Gasteiger partial charge on any atom is -0.465 e. The maximum atomic E-state index is 11.1. The van der Waals surface area contributed by atoms with Gasteiger partial charge in [0.2, 0.25) is 0 Å². The molecule has 4 nitrogen and oxygen atoms in total. The lowest BCUT2D eigenvalue weighted by Crippen LogP contribution is -2.06. The molecule has 0 aromatic carbocycles. The summed E-state index contributed by atoms with van der Waals surface area (Å²) in [5.74, 6) is 0.724. The van der Waals surface area contributed by atoms with Crippen molar-refractivity contribution in [1.82, 2.24) is 9.97 Å². The normalized spacial score (nSPS) is 10.1. The molecule has 0 aliphatic rings. The summed E-state index contributed by atoms with van der Waals surface area (Å²) in [5.41, 5.74) is 0. The van der Waals surface area contributed by atoms with Crippen LogP contribution < -0.4 is 0 Å². The number of ether oxygens (including phenoxy) is 1. The number of carbonyl (C=O) groups is 1. The zero-order chi connectivity index (χ0) is 11.3. The summed E-state index contributed by atoms with van der Waals surface area (Å²) in [7, 11) is 0. The van der Waals surface area contributed by atoms with Gasteiger partial charge in [0.25, 0.3) is 0 Å². The molecule has 0 aliphatic carbocycles. The minimum atomic E-state index is -0.227. The molecule has 0 aliphatic heterocycles. The van der Waals surface area contributed by atoms with Crippen molar-refractivity contribution in [2.24, 2.45) is 0 Å². The average molecular weight is 291 g/mol. The third kappa shape index (κ3) is 4.61. The maximum absolute atomic E-state index is 11.1. The molecule has 0 atom stereocenters. The van der Waals surface area contributed by atoms with Crippen LogP contribution in [0.1, 0.15) is 12.7 Å². The average Bonchev–Trinajstić information content (AvgIpc) is 2.14. The molecule has 0 fully saturated rings. The first-order valence-corrected chi connectivity index (χ1v) is 6.19. The number of hydrogen-bond acceptors (Lipinski definition) is 5. The predicted molar refractivity (Wildman–Crippen MR) is 61.8 cm³/mol. The Kier molecular flexibility index (Phi) is 5.04. The van der Waals surface area contributed by atoms with E-state index in [1.807, 2.05) is 0 Å². The highest BCUT2D eigenvalue weighted by atomic mass is 79.9. The van der Waals surface area contributed by atoms with E-state index in [0.29, 0.717) is 12.4 Å². The van der Waals surface area contributed by atoms with Gasteiger partial charge in [-0.3, -0.25) is 4.79 Å². The zero-order valence-corrected chi connectivity index (χ0v) is 10.9. The lowest BCUT2D eigenvalue weighted by atomic mass is 10.6. The van der Waals surface area contributed by atoms with E-state index in [1.165, 1.54) is 11.8 Å². The van der Waals surface area contributed by atoms with Crippen LogP contribution in [0, 0.1) is 6.92 Å². The zero-order valence-electron chi connectivity index (χ0n) is 8.49. The monoisotopic (exact) mass is 290 g/mol. The maximum Gasteiger partial charge on any atom is 0.316 e. The number of halogens is 1. The van der Waals surface area contributed by atoms with Crippen molar-refractivity contribution in [1.29, 1.82) is 0 Å². The number of hydrogen-bond donors (Lipinski definition) is 0. The SMILES string of the molecule is CCOC(=O)CSc1cc(Br)nc(C)n1. The Bertz CT molecular complexity index is 340. The van der Waals surface area contributed by atoms with E-state index in [4.69, 9.17) is 4.74 Å². The van der Waals surface area contributed by atoms with Crippen LogP contribution in [0.3, 0.4) is 0 Å². The van der Waals surface area contributed by atoms with Crippen LogP contribution in [0.25, 0.3) is 0 Å². The fraction of sp³-hybridized carbons (Fsp3) is 0.444. The Morgan fingerprint density at radius 2 is 2.33 bits per heavy atom. The molecule has 0 amide bonds. The molecule has 0 unspecified atom stereocenters. The Hall–Kier alpha value is -0.620. The van der Waals surface area contributed by atoms with Gasteiger partial charge in [-0.05, 0) is 29.8 Å². The minimum absolute atomic E-state index is 0.227. The van der Waals surface area contributed by atoms with Crippen LogP contribution in [0.4, 0.5) is 0 Å². The van der Waals surface area contributed by atoms with E-state index in [1.54, 1.807) is 19.9 Å². The van der Waals surface area contributed by atoms with Crippen molar-refractivity contribution in [3.8, 4) is 0 Å². The number of thioether (sulfide) groups is 1. The molecule has 82 valence electrons. The number of esters is 1. The van der Waals surface area contributed by atoms with Crippen LogP contribution in [0.15, 0.2) is 15.7 Å². The second-order valence-electron chi connectivity index (χ2n) is 2.67. The van der Waals surface area contributed by atoms with E-state index in [2.05, 4.69) is 25.9 Å². The summed E-state index contributed by atoms with van der Waals surface area (Å²) in [4.78, 5) is 19.3. The van der Waals surface area contributed by atoms with E-state index in [-0.39, 0.29) is 11.7 Å². The van der Waals surface area contributed by atoms with E-state index in [9.17, 15) is 4.79 Å². The highest BCUT2D eigenvalue weighted by Gasteiger charge is 2.05. The Morgan fingerprint density at radius 3 is 2.93 bits per heavy atom. The largest absolute Gasteiger partial charge is 0.465 e. The lowest BCUT2D eigenvalue weighted by molar-refractivity contribution is -0.139. The summed E-state index contributed by atoms with van der Waals surface area (Å²) >= 11 is 4.61. The third-order valence-electron chi connectivity index (χ3n) is 1.43. The molecule has 0 saturated carbocycles. The van der Waals surface area contributed by atoms with Crippen molar-refractivity contribution >= 4 is 33.7 Å². The van der Waals surface area contributed by atoms with Gasteiger partial charge < -0.3 is 4.74 Å². The Balaban J connectivity index is 2.54. The van der Waals surface area contributed by atoms with Gasteiger partial charge in [0, 0.05) is 6.07 Å². The molecule has 1 aromatic rings. The van der Waals surface area contributed by atoms with Gasteiger partial charge in [0.1, 0.15) is 15.5 Å². The van der Waals surface area contributed by atoms with Crippen molar-refractivity contribution in [3.63, 3.8) is 0 Å². The Labute approximate surface area is 101 Å². The molecule has 0 N–H and O–H groups in total. The molecule has 6 heteroatoms. The second-order valence-corrected chi connectivity index (χ2v) is 4.48. The highest BCUT2D eigenvalue weighted by Crippen LogP contribution is 2.18. The first-order valence-electron chi connectivity index (χ1n) is 4.41. The summed E-state index contributed by atoms with van der Waals surface area (Å²) in [6.07, 6.45) is 0. The summed E-state index contributed by atoms with van der Waals surface area (Å²) in [6.45, 7) is 4.00. The van der Waals surface area contributed by atoms with Crippen molar-refractivity contribution in [3.05, 3.63) is 16.5 Å². The molecule has 0 spiro atoms. The number of aromatic nitrogens is 2. The molecular weight excluding hydrogens is 280 g/mol. The van der Waals surface area contributed by atoms with Crippen LogP contribution >= 0.6 is 27.7 Å². The first kappa shape index (κ1) is 12.4. The molecule has 0 bridgehead atoms. The lowest BCUT2D eigenvalue weighted by Gasteiger charge is -2.02. The van der Waals surface area contributed by atoms with Gasteiger partial charge in [-0.25, -0.2) is 9.97 Å². The highest BCUT2D eigenvalue weighted by molar-refractivity contribution is 9.10. The fourth-order valence-electron chi connectivity index (χ4n) is 0.915. The molecule has 0 radical (unpaired) electrons. The van der Waals surface area contributed by atoms with E-state index >= 15 is 0 Å². The molecular formula is C9H11BrN2O2S. The van der Waals surface area contributed by atoms with Gasteiger partial charge in [0.15, 0.2) is 0 Å². The van der Waals surface area contributed by atoms with Gasteiger partial charge in [-0.1, -0.05) is 11.8 Å². The van der Waals surface area contributed by atoms with Crippen LogP contribution in [0.5, 0.6) is 0 Å². The molecule has 1 heterocycles. The summed E-state index contributed by atoms with van der Waals surface area (Å²) in [5, 5.41) is 0.766. The number of nitrogens with zero attached hydrogens (tertiary/aromatic N) is 2. The summed E-state index contributed by atoms with van der Waals surface area (Å²) in [6, 6.07) is 1.77. The second kappa shape index (κ2) is 6.07. The van der Waals surface area contributed by atoms with Crippen LogP contribution in [0.2, 0.25) is 0 Å². The number of carbonyl (C=O) groups excluding carboxylic acids is 1. The number of rotatable bonds is 4. The van der Waals surface area contributed by atoms with E-state index in [0.717, 1.165) is 9.63 Å². The smallest absolute Gasteiger partial charge is 0.316 e. The van der Waals surface area contributed by atoms with Crippen molar-refractivity contribution in [2.75, 3.05) is 12.4 Å². The quantitative estimate of drug-likeness (QED) is 0.483. The van der Waals surface area contributed by atoms with Gasteiger partial charge >= 0.3 is 5.97 Å². The molecule has 15 heavy (non-hydrogen) atoms. The fourth-order valence-corrected chi connectivity index (χ4v) is 2.28. The van der Waals surface area contributed by atoms with Crippen LogP contribution in [-0.4, -0.2) is 28.3 Å². The van der Waals surface area contributed by atoms with Gasteiger partial charge in [0.05, 0.1) is 12.4 Å². The molecule has 1 rings (SSSR count). The Morgan fingerprint density at radius 1 is 1.60 bits per heavy atom. The third-order valence-corrected chi connectivity index (χ3v) is 2.72. The standard InChI is InChI=1S/C9H11BrN2O2S/c1-3-14-9(13)5-15-8-4-7(10)11-6(2)12-8/h4H,3,5H2,1-2H3. The van der Waals surface area contributed by atoms with E-state index < -0.39 is 0 Å². The van der Waals surface area contributed by atoms with Gasteiger partial charge in [-0.15, -0.1) is 0 Å². The first-order chi connectivity index (χ1) is 7.11. The predicted octanol–water partition coefficient (Wildman–Crippen LogP) is 2.20. The molecule has 0 saturated heterocycles. The summed E-state index contributed by atoms with van der Waals surface area (Å²) < 4.78 is 5.53. The number of aryl methyl sites for hydroxylation is 1. The van der Waals surface area contributed by atoms with Crippen molar-refractivity contribution in [2.45, 2.75) is 18.9 Å². The topological polar surface area (TPSA) is 52.1 Å².